The number of carbonyl (C=O) groups is 2. The molecule has 38 heavy (non-hydrogen) atoms. The summed E-state index contributed by atoms with van der Waals surface area (Å²) in [5, 5.41) is 6.65. The molecule has 0 aliphatic carbocycles. The normalized spacial score (nSPS) is 10.9. The zero-order chi connectivity index (χ0) is 26.8. The fourth-order valence-corrected chi connectivity index (χ4v) is 5.11. The van der Waals surface area contributed by atoms with Gasteiger partial charge in [-0.05, 0) is 29.1 Å². The van der Waals surface area contributed by atoms with Gasteiger partial charge in [-0.25, -0.2) is 9.78 Å². The third kappa shape index (κ3) is 5.06. The van der Waals surface area contributed by atoms with Crippen LogP contribution in [0.25, 0.3) is 33.2 Å². The Kier molecular flexibility index (Phi) is 7.28. The number of halogens is 2. The maximum absolute atomic E-state index is 13.3. The zero-order valence-electron chi connectivity index (χ0n) is 19.9. The SMILES string of the molecule is Cn1c(C(=O)OCC(=O)Nc2nc(-c3ccc(Cl)c(Cl)c3)cs2)c(-c2ccccc2)c2ccccc2c1=O. The molecule has 0 saturated heterocycles. The number of hydrogen-bond donors (Lipinski definition) is 1. The van der Waals surface area contributed by atoms with Crippen LogP contribution >= 0.6 is 34.5 Å². The van der Waals surface area contributed by atoms with Crippen molar-refractivity contribution in [3.05, 3.63) is 104 Å². The van der Waals surface area contributed by atoms with Gasteiger partial charge in [-0.1, -0.05) is 77.8 Å². The maximum atomic E-state index is 13.3. The summed E-state index contributed by atoms with van der Waals surface area (Å²) in [6.07, 6.45) is 0. The quantitative estimate of drug-likeness (QED) is 0.240. The molecule has 0 bridgehead atoms. The Labute approximate surface area is 231 Å². The van der Waals surface area contributed by atoms with E-state index in [0.29, 0.717) is 37.2 Å². The van der Waals surface area contributed by atoms with E-state index in [1.54, 1.807) is 47.8 Å². The second kappa shape index (κ2) is 10.8. The molecule has 0 aliphatic rings. The first-order valence-electron chi connectivity index (χ1n) is 11.4. The lowest BCUT2D eigenvalue weighted by Crippen LogP contribution is -2.28. The highest BCUT2D eigenvalue weighted by Gasteiger charge is 2.23. The summed E-state index contributed by atoms with van der Waals surface area (Å²) in [4.78, 5) is 43.3. The van der Waals surface area contributed by atoms with Crippen molar-refractivity contribution >= 4 is 62.3 Å². The van der Waals surface area contributed by atoms with Gasteiger partial charge in [0, 0.05) is 28.9 Å². The molecule has 1 amide bonds. The Bertz CT molecular complexity index is 1750. The van der Waals surface area contributed by atoms with Crippen LogP contribution in [0.1, 0.15) is 10.5 Å². The number of aromatic nitrogens is 2. The highest BCUT2D eigenvalue weighted by atomic mass is 35.5. The number of amides is 1. The van der Waals surface area contributed by atoms with Crippen molar-refractivity contribution in [1.82, 2.24) is 9.55 Å². The molecule has 0 saturated carbocycles. The van der Waals surface area contributed by atoms with Crippen LogP contribution in [0.5, 0.6) is 0 Å². The van der Waals surface area contributed by atoms with E-state index in [0.717, 1.165) is 11.1 Å². The van der Waals surface area contributed by atoms with Gasteiger partial charge >= 0.3 is 5.97 Å². The van der Waals surface area contributed by atoms with Crippen LogP contribution in [0, 0.1) is 0 Å². The van der Waals surface area contributed by atoms with Crippen molar-refractivity contribution in [1.29, 1.82) is 0 Å². The molecule has 10 heteroatoms. The molecule has 7 nitrogen and oxygen atoms in total. The van der Waals surface area contributed by atoms with Crippen molar-refractivity contribution in [3.63, 3.8) is 0 Å². The molecule has 5 rings (SSSR count). The second-order valence-electron chi connectivity index (χ2n) is 8.29. The first-order chi connectivity index (χ1) is 18.3. The highest BCUT2D eigenvalue weighted by Crippen LogP contribution is 2.32. The molecule has 2 aromatic heterocycles. The Morgan fingerprint density at radius 1 is 0.947 bits per heavy atom. The van der Waals surface area contributed by atoms with E-state index in [2.05, 4.69) is 10.3 Å². The molecule has 190 valence electrons. The van der Waals surface area contributed by atoms with Gasteiger partial charge in [0.2, 0.25) is 0 Å². The van der Waals surface area contributed by atoms with E-state index < -0.39 is 18.5 Å². The van der Waals surface area contributed by atoms with Crippen LogP contribution in [0.4, 0.5) is 5.13 Å². The van der Waals surface area contributed by atoms with Crippen LogP contribution in [0.3, 0.4) is 0 Å². The molecule has 0 unspecified atom stereocenters. The summed E-state index contributed by atoms with van der Waals surface area (Å²) >= 11 is 13.3. The van der Waals surface area contributed by atoms with Crippen LogP contribution in [-0.2, 0) is 16.6 Å². The lowest BCUT2D eigenvalue weighted by atomic mass is 9.97. The maximum Gasteiger partial charge on any atom is 0.356 e. The molecule has 5 aromatic rings. The van der Waals surface area contributed by atoms with Gasteiger partial charge < -0.3 is 9.30 Å². The Balaban J connectivity index is 1.37. The number of esters is 1. The molecule has 0 spiro atoms. The molecule has 0 aliphatic heterocycles. The largest absolute Gasteiger partial charge is 0.451 e. The van der Waals surface area contributed by atoms with Crippen molar-refractivity contribution in [2.75, 3.05) is 11.9 Å². The van der Waals surface area contributed by atoms with E-state index in [-0.39, 0.29) is 11.3 Å². The first kappa shape index (κ1) is 25.7. The van der Waals surface area contributed by atoms with E-state index in [4.69, 9.17) is 27.9 Å². The molecule has 2 heterocycles. The number of ether oxygens (including phenoxy) is 1. The fourth-order valence-electron chi connectivity index (χ4n) is 4.08. The minimum atomic E-state index is -0.792. The first-order valence-corrected chi connectivity index (χ1v) is 13.0. The van der Waals surface area contributed by atoms with Gasteiger partial charge in [-0.2, -0.15) is 0 Å². The number of thiazole rings is 1. The standard InChI is InChI=1S/C28H19Cl2N3O4S/c1-33-25(24(16-7-3-2-4-8-16)18-9-5-6-10-19(18)26(33)35)27(36)37-14-23(34)32-28-31-22(15-38-28)17-11-12-20(29)21(30)13-17/h2-13,15H,14H2,1H3,(H,31,32,34). The molecular weight excluding hydrogens is 545 g/mol. The Morgan fingerprint density at radius 2 is 1.66 bits per heavy atom. The van der Waals surface area contributed by atoms with Crippen molar-refractivity contribution in [3.8, 4) is 22.4 Å². The number of hydrogen-bond acceptors (Lipinski definition) is 6. The molecule has 1 N–H and O–H groups in total. The number of nitrogens with one attached hydrogen (secondary N) is 1. The average molecular weight is 564 g/mol. The molecular formula is C28H19Cl2N3O4S. The highest BCUT2D eigenvalue weighted by molar-refractivity contribution is 7.14. The number of carbonyl (C=O) groups excluding carboxylic acids is 2. The Hall–Kier alpha value is -3.98. The van der Waals surface area contributed by atoms with Crippen LogP contribution < -0.4 is 10.9 Å². The van der Waals surface area contributed by atoms with Gasteiger partial charge in [-0.3, -0.25) is 14.9 Å². The minimum absolute atomic E-state index is 0.0591. The summed E-state index contributed by atoms with van der Waals surface area (Å²) in [5.74, 6) is -1.36. The third-order valence-corrected chi connectivity index (χ3v) is 7.36. The lowest BCUT2D eigenvalue weighted by molar-refractivity contribution is -0.119. The van der Waals surface area contributed by atoms with Crippen LogP contribution in [0.15, 0.2) is 83.0 Å². The van der Waals surface area contributed by atoms with Gasteiger partial charge in [0.05, 0.1) is 15.7 Å². The second-order valence-corrected chi connectivity index (χ2v) is 9.96. The predicted molar refractivity (Wildman–Crippen MR) is 151 cm³/mol. The number of rotatable bonds is 6. The third-order valence-electron chi connectivity index (χ3n) is 5.86. The minimum Gasteiger partial charge on any atom is -0.451 e. The van der Waals surface area contributed by atoms with E-state index in [1.165, 1.54) is 23.0 Å². The summed E-state index contributed by atoms with van der Waals surface area (Å²) in [5.41, 5.74) is 2.37. The topological polar surface area (TPSA) is 90.3 Å². The summed E-state index contributed by atoms with van der Waals surface area (Å²) < 4.78 is 6.62. The van der Waals surface area contributed by atoms with Gasteiger partial charge in [0.25, 0.3) is 11.5 Å². The lowest BCUT2D eigenvalue weighted by Gasteiger charge is -2.16. The zero-order valence-corrected chi connectivity index (χ0v) is 22.2. The van der Waals surface area contributed by atoms with Crippen LogP contribution in [-0.4, -0.2) is 28.0 Å². The van der Waals surface area contributed by atoms with Crippen LogP contribution in [0.2, 0.25) is 10.0 Å². The van der Waals surface area contributed by atoms with Crippen molar-refractivity contribution in [2.45, 2.75) is 0 Å². The predicted octanol–water partition coefficient (Wildman–Crippen LogP) is 6.43. The number of anilines is 1. The van der Waals surface area contributed by atoms with Gasteiger partial charge in [0.15, 0.2) is 11.7 Å². The van der Waals surface area contributed by atoms with Gasteiger partial charge in [0.1, 0.15) is 5.69 Å². The Morgan fingerprint density at radius 3 is 2.39 bits per heavy atom. The summed E-state index contributed by atoms with van der Waals surface area (Å²) in [7, 11) is 1.51. The molecule has 0 radical (unpaired) electrons. The van der Waals surface area contributed by atoms with E-state index in [9.17, 15) is 14.4 Å². The average Bonchev–Trinajstić information content (AvgIpc) is 3.39. The number of nitrogens with zero attached hydrogens (tertiary/aromatic N) is 2. The molecule has 3 aromatic carbocycles. The van der Waals surface area contributed by atoms with E-state index >= 15 is 0 Å². The smallest absolute Gasteiger partial charge is 0.356 e. The van der Waals surface area contributed by atoms with E-state index in [1.807, 2.05) is 30.3 Å². The van der Waals surface area contributed by atoms with Crippen molar-refractivity contribution < 1.29 is 14.3 Å². The molecule has 0 fully saturated rings. The number of fused-ring (bicyclic) bond motifs is 1. The summed E-state index contributed by atoms with van der Waals surface area (Å²) in [6, 6.07) is 21.5. The van der Waals surface area contributed by atoms with Crippen molar-refractivity contribution in [2.24, 2.45) is 7.05 Å². The van der Waals surface area contributed by atoms with Gasteiger partial charge in [-0.15, -0.1) is 11.3 Å². The fraction of sp³-hybridized carbons (Fsp3) is 0.0714. The monoisotopic (exact) mass is 563 g/mol. The molecule has 0 atom stereocenters. The summed E-state index contributed by atoms with van der Waals surface area (Å²) in [6.45, 7) is -0.560. The number of benzene rings is 3. The number of pyridine rings is 1.